The largest absolute Gasteiger partial charge is 0.447 e. The number of rotatable bonds is 4. The van der Waals surface area contributed by atoms with Gasteiger partial charge in [0.25, 0.3) is 5.91 Å². The molecule has 4 aromatic rings. The molecule has 0 saturated carbocycles. The van der Waals surface area contributed by atoms with E-state index in [4.69, 9.17) is 9.62 Å². The Morgan fingerprint density at radius 1 is 1.13 bits per heavy atom. The fourth-order valence-corrected chi connectivity index (χ4v) is 3.55. The third-order valence-corrected chi connectivity index (χ3v) is 4.93. The maximum absolute atomic E-state index is 12.9. The van der Waals surface area contributed by atoms with E-state index in [-0.39, 0.29) is 11.7 Å². The second-order valence-electron chi connectivity index (χ2n) is 6.75. The van der Waals surface area contributed by atoms with Gasteiger partial charge in [0.05, 0.1) is 17.6 Å². The molecule has 148 valence electrons. The van der Waals surface area contributed by atoms with E-state index in [0.717, 1.165) is 28.6 Å². The monoisotopic (exact) mass is 400 g/mol. The molecule has 0 radical (unpaired) electrons. The van der Waals surface area contributed by atoms with Gasteiger partial charge in [0.15, 0.2) is 5.58 Å². The Labute approximate surface area is 170 Å². The van der Waals surface area contributed by atoms with Crippen molar-refractivity contribution >= 4 is 39.9 Å². The van der Waals surface area contributed by atoms with Crippen LogP contribution >= 0.6 is 0 Å². The number of benzene rings is 1. The molecule has 3 N–H and O–H groups in total. The number of carbonyl (C=O) groups is 1. The highest BCUT2D eigenvalue weighted by Gasteiger charge is 2.23. The highest BCUT2D eigenvalue weighted by molar-refractivity contribution is 6.11. The minimum Gasteiger partial charge on any atom is -0.447 e. The number of fused-ring (bicyclic) bond motifs is 2. The second-order valence-corrected chi connectivity index (χ2v) is 6.75. The van der Waals surface area contributed by atoms with Crippen LogP contribution in [0.3, 0.4) is 0 Å². The van der Waals surface area contributed by atoms with Crippen molar-refractivity contribution in [3.05, 3.63) is 72.0 Å². The highest BCUT2D eigenvalue weighted by Crippen LogP contribution is 2.34. The molecule has 1 aliphatic carbocycles. The average molecular weight is 400 g/mol. The molecule has 0 atom stereocenters. The van der Waals surface area contributed by atoms with Crippen LogP contribution in [0.4, 0.5) is 17.3 Å². The van der Waals surface area contributed by atoms with Crippen molar-refractivity contribution in [2.24, 2.45) is 5.16 Å². The zero-order valence-electron chi connectivity index (χ0n) is 15.7. The number of nitrogens with zero attached hydrogens (tertiary/aromatic N) is 4. The van der Waals surface area contributed by atoms with Crippen molar-refractivity contribution in [3.63, 3.8) is 0 Å². The van der Waals surface area contributed by atoms with E-state index in [2.05, 4.69) is 30.7 Å². The lowest BCUT2D eigenvalue weighted by Gasteiger charge is -2.09. The molecule has 0 unspecified atom stereocenters. The summed E-state index contributed by atoms with van der Waals surface area (Å²) in [5.41, 5.74) is 4.48. The molecule has 9 heteroatoms. The van der Waals surface area contributed by atoms with Gasteiger partial charge in [0.2, 0.25) is 11.7 Å². The molecular weight excluding hydrogens is 384 g/mol. The average Bonchev–Trinajstić information content (AvgIpc) is 3.36. The van der Waals surface area contributed by atoms with Gasteiger partial charge in [-0.2, -0.15) is 0 Å². The maximum Gasteiger partial charge on any atom is 0.295 e. The Balaban J connectivity index is 1.52. The second kappa shape index (κ2) is 7.28. The van der Waals surface area contributed by atoms with Crippen LogP contribution in [0, 0.1) is 0 Å². The summed E-state index contributed by atoms with van der Waals surface area (Å²) in [5, 5.41) is 19.2. The van der Waals surface area contributed by atoms with Crippen molar-refractivity contribution in [1.29, 1.82) is 0 Å². The zero-order chi connectivity index (χ0) is 20.5. The summed E-state index contributed by atoms with van der Waals surface area (Å²) < 4.78 is 5.79. The van der Waals surface area contributed by atoms with Gasteiger partial charge < -0.3 is 14.9 Å². The fourth-order valence-electron chi connectivity index (χ4n) is 3.55. The van der Waals surface area contributed by atoms with Crippen molar-refractivity contribution in [2.45, 2.75) is 12.8 Å². The number of carbonyl (C=O) groups excluding carboxylic acids is 1. The topological polar surface area (TPSA) is 126 Å². The van der Waals surface area contributed by atoms with Gasteiger partial charge in [-0.15, -0.1) is 0 Å². The summed E-state index contributed by atoms with van der Waals surface area (Å²) in [5.74, 6) is -0.195. The van der Waals surface area contributed by atoms with Gasteiger partial charge >= 0.3 is 0 Å². The van der Waals surface area contributed by atoms with Gasteiger partial charge in [-0.25, -0.2) is 9.97 Å². The third kappa shape index (κ3) is 3.12. The number of aromatic nitrogens is 3. The van der Waals surface area contributed by atoms with Crippen LogP contribution in [0.1, 0.15) is 28.1 Å². The van der Waals surface area contributed by atoms with Crippen molar-refractivity contribution in [3.8, 4) is 0 Å². The number of oxime groups is 1. The predicted molar refractivity (Wildman–Crippen MR) is 110 cm³/mol. The Kier molecular flexibility index (Phi) is 4.32. The first-order valence-corrected chi connectivity index (χ1v) is 9.29. The molecular formula is C21H16N6O3. The molecule has 5 rings (SSSR count). The van der Waals surface area contributed by atoms with Gasteiger partial charge in [-0.3, -0.25) is 15.1 Å². The summed E-state index contributed by atoms with van der Waals surface area (Å²) >= 11 is 0. The van der Waals surface area contributed by atoms with Gasteiger partial charge in [0, 0.05) is 35.2 Å². The number of hydrogen-bond donors (Lipinski definition) is 3. The van der Waals surface area contributed by atoms with E-state index >= 15 is 0 Å². The molecule has 0 aliphatic heterocycles. The first-order chi connectivity index (χ1) is 14.7. The van der Waals surface area contributed by atoms with E-state index in [9.17, 15) is 4.79 Å². The predicted octanol–water partition coefficient (Wildman–Crippen LogP) is 3.74. The van der Waals surface area contributed by atoms with Crippen LogP contribution < -0.4 is 10.6 Å². The van der Waals surface area contributed by atoms with Crippen molar-refractivity contribution in [1.82, 2.24) is 15.0 Å². The Hall–Kier alpha value is -4.27. The highest BCUT2D eigenvalue weighted by atomic mass is 16.4. The molecule has 1 aromatic carbocycles. The fraction of sp³-hybridized carbons (Fsp3) is 0.0952. The molecule has 0 fully saturated rings. The number of pyridine rings is 1. The number of amides is 1. The number of hydrogen-bond acceptors (Lipinski definition) is 8. The Morgan fingerprint density at radius 3 is 2.83 bits per heavy atom. The number of nitrogens with one attached hydrogen (secondary N) is 2. The molecule has 0 spiro atoms. The van der Waals surface area contributed by atoms with E-state index in [1.165, 1.54) is 0 Å². The lowest BCUT2D eigenvalue weighted by Crippen LogP contribution is -2.14. The van der Waals surface area contributed by atoms with Crippen LogP contribution in [0.5, 0.6) is 0 Å². The van der Waals surface area contributed by atoms with E-state index in [1.54, 1.807) is 36.9 Å². The molecule has 0 saturated heterocycles. The van der Waals surface area contributed by atoms with Gasteiger partial charge in [-0.1, -0.05) is 11.2 Å². The zero-order valence-corrected chi connectivity index (χ0v) is 15.7. The lowest BCUT2D eigenvalue weighted by atomic mass is 10.1. The van der Waals surface area contributed by atoms with E-state index < -0.39 is 5.91 Å². The summed E-state index contributed by atoms with van der Waals surface area (Å²) in [4.78, 5) is 25.0. The minimum atomic E-state index is -0.476. The molecule has 1 aliphatic rings. The molecule has 3 heterocycles. The SMILES string of the molecule is O=C(Nc1ncccn1)c1oc2cnccc2c1Nc1ccc2c(c1)CC/C2=N\O. The first kappa shape index (κ1) is 17.8. The number of anilines is 3. The molecule has 3 aromatic heterocycles. The van der Waals surface area contributed by atoms with Crippen LogP contribution in [-0.2, 0) is 6.42 Å². The Bertz CT molecular complexity index is 1280. The van der Waals surface area contributed by atoms with Crippen molar-refractivity contribution in [2.75, 3.05) is 10.6 Å². The van der Waals surface area contributed by atoms with Crippen LogP contribution in [-0.4, -0.2) is 31.8 Å². The van der Waals surface area contributed by atoms with E-state index in [0.29, 0.717) is 23.4 Å². The summed E-state index contributed by atoms with van der Waals surface area (Å²) in [6, 6.07) is 9.20. The summed E-state index contributed by atoms with van der Waals surface area (Å²) in [7, 11) is 0. The number of furan rings is 1. The van der Waals surface area contributed by atoms with Crippen molar-refractivity contribution < 1.29 is 14.4 Å². The molecule has 1 amide bonds. The smallest absolute Gasteiger partial charge is 0.295 e. The first-order valence-electron chi connectivity index (χ1n) is 9.29. The molecule has 0 bridgehead atoms. The summed E-state index contributed by atoms with van der Waals surface area (Å²) in [6.45, 7) is 0. The Morgan fingerprint density at radius 2 is 2.00 bits per heavy atom. The normalized spacial score (nSPS) is 14.1. The molecule has 30 heavy (non-hydrogen) atoms. The molecule has 9 nitrogen and oxygen atoms in total. The lowest BCUT2D eigenvalue weighted by molar-refractivity contribution is 0.0999. The van der Waals surface area contributed by atoms with E-state index in [1.807, 2.05) is 18.2 Å². The quantitative estimate of drug-likeness (QED) is 0.352. The van der Waals surface area contributed by atoms with Crippen LogP contribution in [0.2, 0.25) is 0 Å². The maximum atomic E-state index is 12.9. The van der Waals surface area contributed by atoms with Crippen LogP contribution in [0.15, 0.2) is 64.7 Å². The van der Waals surface area contributed by atoms with Crippen LogP contribution in [0.25, 0.3) is 11.0 Å². The van der Waals surface area contributed by atoms with Gasteiger partial charge in [-0.05, 0) is 42.7 Å². The third-order valence-electron chi connectivity index (χ3n) is 4.93. The number of aryl methyl sites for hydroxylation is 1. The standard InChI is InChI=1S/C21H16N6O3/c28-20(26-21-23-7-1-8-24-21)19-18(15-6-9-22-11-17(15)30-19)25-13-3-4-14-12(10-13)2-5-16(14)27-29/h1,3-4,6-11,25,29H,2,5H2,(H,23,24,26,28)/b27-16+. The summed E-state index contributed by atoms with van der Waals surface area (Å²) in [6.07, 6.45) is 7.76. The minimum absolute atomic E-state index is 0.101. The van der Waals surface area contributed by atoms with Gasteiger partial charge in [0.1, 0.15) is 0 Å².